The maximum atomic E-state index is 12.3. The highest BCUT2D eigenvalue weighted by Gasteiger charge is 2.32. The average Bonchev–Trinajstić information content (AvgIpc) is 2.30. The molecule has 1 aromatic rings. The number of alkyl halides is 3. The Hall–Kier alpha value is -0.910. The molecule has 0 aliphatic carbocycles. The van der Waals surface area contributed by atoms with Gasteiger partial charge in [-0.1, -0.05) is 0 Å². The van der Waals surface area contributed by atoms with Crippen LogP contribution in [0.25, 0.3) is 0 Å². The van der Waals surface area contributed by atoms with E-state index in [0.717, 1.165) is 24.7 Å². The first kappa shape index (κ1) is 12.5. The van der Waals surface area contributed by atoms with Crippen LogP contribution in [0.1, 0.15) is 18.5 Å². The summed E-state index contributed by atoms with van der Waals surface area (Å²) in [4.78, 5) is 3.42. The summed E-state index contributed by atoms with van der Waals surface area (Å²) < 4.78 is 36.9. The molecular formula is C11H13F3N2S. The zero-order valence-electron chi connectivity index (χ0n) is 9.13. The van der Waals surface area contributed by atoms with E-state index in [9.17, 15) is 13.2 Å². The van der Waals surface area contributed by atoms with Crippen LogP contribution in [-0.4, -0.2) is 22.5 Å². The first-order valence-corrected chi connectivity index (χ1v) is 6.59. The number of hydrogen-bond acceptors (Lipinski definition) is 3. The van der Waals surface area contributed by atoms with Crippen molar-refractivity contribution in [1.82, 2.24) is 4.98 Å². The van der Waals surface area contributed by atoms with Gasteiger partial charge in [0, 0.05) is 11.8 Å². The molecule has 2 heterocycles. The quantitative estimate of drug-likeness (QED) is 0.884. The van der Waals surface area contributed by atoms with Gasteiger partial charge in [-0.05, 0) is 30.7 Å². The molecule has 17 heavy (non-hydrogen) atoms. The van der Waals surface area contributed by atoms with Gasteiger partial charge in [-0.15, -0.1) is 0 Å². The molecule has 6 heteroatoms. The second-order valence-corrected chi connectivity index (χ2v) is 5.14. The van der Waals surface area contributed by atoms with E-state index in [1.165, 1.54) is 18.0 Å². The molecule has 0 saturated carbocycles. The van der Waals surface area contributed by atoms with E-state index in [2.05, 4.69) is 10.3 Å². The van der Waals surface area contributed by atoms with Crippen LogP contribution in [0.5, 0.6) is 0 Å². The predicted octanol–water partition coefficient (Wildman–Crippen LogP) is 3.41. The molecular weight excluding hydrogens is 249 g/mol. The highest BCUT2D eigenvalue weighted by molar-refractivity contribution is 7.99. The number of halogens is 3. The highest BCUT2D eigenvalue weighted by Crippen LogP contribution is 2.28. The minimum Gasteiger partial charge on any atom is -0.380 e. The van der Waals surface area contributed by atoms with Crippen molar-refractivity contribution in [1.29, 1.82) is 0 Å². The van der Waals surface area contributed by atoms with Gasteiger partial charge in [0.1, 0.15) is 5.69 Å². The molecule has 1 saturated heterocycles. The van der Waals surface area contributed by atoms with Crippen molar-refractivity contribution in [2.45, 2.75) is 25.1 Å². The van der Waals surface area contributed by atoms with Gasteiger partial charge in [-0.3, -0.25) is 0 Å². The molecule has 1 atom stereocenters. The van der Waals surface area contributed by atoms with Gasteiger partial charge in [-0.2, -0.15) is 24.9 Å². The monoisotopic (exact) mass is 262 g/mol. The summed E-state index contributed by atoms with van der Waals surface area (Å²) in [7, 11) is 0. The third-order valence-corrected chi connectivity index (χ3v) is 3.80. The summed E-state index contributed by atoms with van der Waals surface area (Å²) in [6.45, 7) is 0. The summed E-state index contributed by atoms with van der Waals surface area (Å²) in [6.07, 6.45) is -0.897. The fraction of sp³-hybridized carbons (Fsp3) is 0.545. The van der Waals surface area contributed by atoms with Crippen LogP contribution >= 0.6 is 11.8 Å². The minimum absolute atomic E-state index is 0.340. The van der Waals surface area contributed by atoms with E-state index >= 15 is 0 Å². The number of nitrogens with zero attached hydrogens (tertiary/aromatic N) is 1. The van der Waals surface area contributed by atoms with E-state index < -0.39 is 11.9 Å². The van der Waals surface area contributed by atoms with Crippen LogP contribution in [0.15, 0.2) is 18.3 Å². The van der Waals surface area contributed by atoms with Crippen molar-refractivity contribution in [2.75, 3.05) is 16.8 Å². The summed E-state index contributed by atoms with van der Waals surface area (Å²) >= 11 is 1.87. The fourth-order valence-electron chi connectivity index (χ4n) is 1.74. The molecule has 1 aliphatic rings. The molecule has 1 aromatic heterocycles. The second kappa shape index (κ2) is 5.16. The molecule has 1 fully saturated rings. The molecule has 94 valence electrons. The Morgan fingerprint density at radius 1 is 1.35 bits per heavy atom. The van der Waals surface area contributed by atoms with Gasteiger partial charge in [-0.25, -0.2) is 4.98 Å². The molecule has 1 aliphatic heterocycles. The fourth-order valence-corrected chi connectivity index (χ4v) is 2.81. The Bertz CT molecular complexity index is 358. The number of thioether (sulfide) groups is 1. The van der Waals surface area contributed by atoms with E-state index in [1.807, 2.05) is 11.8 Å². The maximum absolute atomic E-state index is 12.3. The van der Waals surface area contributed by atoms with Gasteiger partial charge in [0.05, 0.1) is 11.9 Å². The SMILES string of the molecule is FC(F)(F)c1ccc(NC2CCCSC2)cn1. The third-order valence-electron chi connectivity index (χ3n) is 2.59. The standard InChI is InChI=1S/C11H13F3N2S/c12-11(13,14)10-4-3-8(6-15-10)16-9-2-1-5-17-7-9/h3-4,6,9,16H,1-2,5,7H2. The molecule has 1 unspecified atom stereocenters. The van der Waals surface area contributed by atoms with Crippen molar-refractivity contribution in [3.05, 3.63) is 24.0 Å². The number of aromatic nitrogens is 1. The Labute approximate surface area is 102 Å². The van der Waals surface area contributed by atoms with E-state index in [1.54, 1.807) is 0 Å². The van der Waals surface area contributed by atoms with Crippen molar-refractivity contribution >= 4 is 17.4 Å². The number of nitrogens with one attached hydrogen (secondary N) is 1. The zero-order valence-corrected chi connectivity index (χ0v) is 9.94. The van der Waals surface area contributed by atoms with Crippen molar-refractivity contribution in [3.8, 4) is 0 Å². The topological polar surface area (TPSA) is 24.9 Å². The van der Waals surface area contributed by atoms with Crippen molar-refractivity contribution in [2.24, 2.45) is 0 Å². The largest absolute Gasteiger partial charge is 0.433 e. The lowest BCUT2D eigenvalue weighted by Gasteiger charge is -2.23. The lowest BCUT2D eigenvalue weighted by molar-refractivity contribution is -0.141. The number of anilines is 1. The zero-order chi connectivity index (χ0) is 12.3. The molecule has 0 radical (unpaired) electrons. The third kappa shape index (κ3) is 3.52. The number of hydrogen-bond donors (Lipinski definition) is 1. The van der Waals surface area contributed by atoms with E-state index in [4.69, 9.17) is 0 Å². The Kier molecular flexibility index (Phi) is 3.81. The van der Waals surface area contributed by atoms with Crippen LogP contribution in [-0.2, 0) is 6.18 Å². The van der Waals surface area contributed by atoms with Crippen LogP contribution in [0, 0.1) is 0 Å². The van der Waals surface area contributed by atoms with Crippen LogP contribution in [0.4, 0.5) is 18.9 Å². The lowest BCUT2D eigenvalue weighted by Crippen LogP contribution is -2.25. The smallest absolute Gasteiger partial charge is 0.380 e. The normalized spacial score (nSPS) is 21.2. The molecule has 0 spiro atoms. The van der Waals surface area contributed by atoms with E-state index in [0.29, 0.717) is 11.7 Å². The summed E-state index contributed by atoms with van der Waals surface area (Å²) in [5.74, 6) is 2.17. The summed E-state index contributed by atoms with van der Waals surface area (Å²) in [5.41, 5.74) is -0.188. The molecule has 2 nitrogen and oxygen atoms in total. The van der Waals surface area contributed by atoms with Crippen LogP contribution in [0.3, 0.4) is 0 Å². The summed E-state index contributed by atoms with van der Waals surface area (Å²) in [5, 5.41) is 3.21. The van der Waals surface area contributed by atoms with Gasteiger partial charge < -0.3 is 5.32 Å². The first-order chi connectivity index (χ1) is 8.05. The number of pyridine rings is 1. The van der Waals surface area contributed by atoms with Gasteiger partial charge in [0.15, 0.2) is 0 Å². The Balaban J connectivity index is 1.98. The van der Waals surface area contributed by atoms with Gasteiger partial charge in [0.25, 0.3) is 0 Å². The van der Waals surface area contributed by atoms with Gasteiger partial charge >= 0.3 is 6.18 Å². The molecule has 2 rings (SSSR count). The molecule has 0 bridgehead atoms. The first-order valence-electron chi connectivity index (χ1n) is 5.43. The number of rotatable bonds is 2. The second-order valence-electron chi connectivity index (χ2n) is 3.99. The predicted molar refractivity (Wildman–Crippen MR) is 63.2 cm³/mol. The van der Waals surface area contributed by atoms with Gasteiger partial charge in [0.2, 0.25) is 0 Å². The lowest BCUT2D eigenvalue weighted by atomic mass is 10.2. The van der Waals surface area contributed by atoms with Crippen molar-refractivity contribution < 1.29 is 13.2 Å². The molecule has 0 aromatic carbocycles. The summed E-state index contributed by atoms with van der Waals surface area (Å²) in [6, 6.07) is 2.79. The minimum atomic E-state index is -4.36. The average molecular weight is 262 g/mol. The van der Waals surface area contributed by atoms with E-state index in [-0.39, 0.29) is 0 Å². The Morgan fingerprint density at radius 2 is 2.18 bits per heavy atom. The molecule has 1 N–H and O–H groups in total. The molecule has 0 amide bonds. The highest BCUT2D eigenvalue weighted by atomic mass is 32.2. The van der Waals surface area contributed by atoms with Crippen molar-refractivity contribution in [3.63, 3.8) is 0 Å². The van der Waals surface area contributed by atoms with Crippen LogP contribution in [0.2, 0.25) is 0 Å². The van der Waals surface area contributed by atoms with Crippen LogP contribution < -0.4 is 5.32 Å². The maximum Gasteiger partial charge on any atom is 0.433 e. The Morgan fingerprint density at radius 3 is 2.71 bits per heavy atom.